The van der Waals surface area contributed by atoms with E-state index < -0.39 is 15.9 Å². The number of sulfone groups is 1. The number of nitrogens with one attached hydrogen (secondary N) is 1. The highest BCUT2D eigenvalue weighted by molar-refractivity contribution is 7.91. The maximum Gasteiger partial charge on any atom is 0.226 e. The molecule has 38 heavy (non-hydrogen) atoms. The average molecular weight is 531 g/mol. The van der Waals surface area contributed by atoms with Gasteiger partial charge in [0.2, 0.25) is 9.84 Å². The molecule has 1 atom stereocenters. The third-order valence-electron chi connectivity index (χ3n) is 7.27. The Balaban J connectivity index is 1.50. The van der Waals surface area contributed by atoms with E-state index in [1.54, 1.807) is 36.5 Å². The van der Waals surface area contributed by atoms with Crippen LogP contribution in [-0.2, 0) is 21.2 Å². The zero-order chi connectivity index (χ0) is 26.1. The van der Waals surface area contributed by atoms with Crippen molar-refractivity contribution in [3.8, 4) is 0 Å². The van der Waals surface area contributed by atoms with Gasteiger partial charge in [-0.1, -0.05) is 67.8 Å². The summed E-state index contributed by atoms with van der Waals surface area (Å²) in [5.74, 6) is 0.417. The van der Waals surface area contributed by atoms with E-state index in [-0.39, 0.29) is 28.1 Å². The van der Waals surface area contributed by atoms with Gasteiger partial charge >= 0.3 is 0 Å². The van der Waals surface area contributed by atoms with Crippen LogP contribution in [0.4, 0.5) is 0 Å². The molecule has 1 fully saturated rings. The molecule has 3 aromatic heterocycles. The predicted octanol–water partition coefficient (Wildman–Crippen LogP) is 5.50. The molecule has 8 nitrogen and oxygen atoms in total. The summed E-state index contributed by atoms with van der Waals surface area (Å²) >= 11 is 0. The van der Waals surface area contributed by atoms with Gasteiger partial charge in [0.1, 0.15) is 23.1 Å². The quantitative estimate of drug-likeness (QED) is 0.274. The van der Waals surface area contributed by atoms with Crippen molar-refractivity contribution in [1.29, 1.82) is 0 Å². The first kappa shape index (κ1) is 24.8. The number of pyridine rings is 1. The molecular weight excluding hydrogens is 500 g/mol. The van der Waals surface area contributed by atoms with Crippen LogP contribution in [0.15, 0.2) is 82.8 Å². The Hall–Kier alpha value is -3.53. The van der Waals surface area contributed by atoms with Crippen molar-refractivity contribution in [3.63, 3.8) is 0 Å². The van der Waals surface area contributed by atoms with Gasteiger partial charge in [-0.3, -0.25) is 0 Å². The zero-order valence-electron chi connectivity index (χ0n) is 21.0. The van der Waals surface area contributed by atoms with Gasteiger partial charge in [-0.05, 0) is 36.6 Å². The molecule has 3 heterocycles. The summed E-state index contributed by atoms with van der Waals surface area (Å²) in [6, 6.07) is 20.1. The normalized spacial score (nSPS) is 15.8. The summed E-state index contributed by atoms with van der Waals surface area (Å²) in [6.45, 7) is 0.397. The van der Waals surface area contributed by atoms with Gasteiger partial charge in [-0.25, -0.2) is 18.4 Å². The Morgan fingerprint density at radius 2 is 1.68 bits per heavy atom. The van der Waals surface area contributed by atoms with E-state index in [0.717, 1.165) is 43.1 Å². The van der Waals surface area contributed by atoms with Gasteiger partial charge in [-0.2, -0.15) is 0 Å². The molecule has 1 aliphatic carbocycles. The molecule has 2 aromatic carbocycles. The Morgan fingerprint density at radius 1 is 0.974 bits per heavy atom. The minimum atomic E-state index is -3.97. The molecule has 6 rings (SSSR count). The lowest BCUT2D eigenvalue weighted by Gasteiger charge is -2.27. The summed E-state index contributed by atoms with van der Waals surface area (Å²) in [4.78, 5) is 12.6. The minimum Gasteiger partial charge on any atom is -0.383 e. The second kappa shape index (κ2) is 10.3. The maximum absolute atomic E-state index is 13.8. The third-order valence-corrected chi connectivity index (χ3v) is 8.95. The number of nitrogens with zero attached hydrogens (tertiary/aromatic N) is 3. The second-order valence-electron chi connectivity index (χ2n) is 9.82. The maximum atomic E-state index is 13.8. The first-order valence-corrected chi connectivity index (χ1v) is 14.5. The monoisotopic (exact) mass is 530 g/mol. The highest BCUT2D eigenvalue weighted by atomic mass is 32.2. The number of aromatic amines is 1. The molecule has 2 N–H and O–H groups in total. The third kappa shape index (κ3) is 4.51. The van der Waals surface area contributed by atoms with Crippen LogP contribution in [0, 0.1) is 0 Å². The molecule has 1 unspecified atom stereocenters. The molecule has 0 spiro atoms. The number of aliphatic hydroxyl groups is 1. The molecule has 196 valence electrons. The zero-order valence-corrected chi connectivity index (χ0v) is 21.8. The fourth-order valence-corrected chi connectivity index (χ4v) is 6.78. The summed E-state index contributed by atoms with van der Waals surface area (Å²) in [5.41, 5.74) is 2.46. The van der Waals surface area contributed by atoms with E-state index in [4.69, 9.17) is 9.72 Å². The minimum absolute atomic E-state index is 0.0371. The van der Waals surface area contributed by atoms with Crippen LogP contribution in [0.1, 0.15) is 55.6 Å². The number of imidazole rings is 1. The smallest absolute Gasteiger partial charge is 0.226 e. The van der Waals surface area contributed by atoms with E-state index in [1.807, 2.05) is 36.4 Å². The fourth-order valence-electron chi connectivity index (χ4n) is 5.43. The van der Waals surface area contributed by atoms with Crippen molar-refractivity contribution in [3.05, 3.63) is 84.3 Å². The summed E-state index contributed by atoms with van der Waals surface area (Å²) in [5, 5.41) is 12.0. The molecule has 9 heteroatoms. The molecular formula is C29H30N4O4S. The van der Waals surface area contributed by atoms with Crippen LogP contribution in [0.5, 0.6) is 0 Å². The Bertz CT molecular complexity index is 1660. The van der Waals surface area contributed by atoms with Crippen molar-refractivity contribution in [2.75, 3.05) is 6.61 Å². The van der Waals surface area contributed by atoms with E-state index in [0.29, 0.717) is 23.6 Å². The van der Waals surface area contributed by atoms with E-state index in [2.05, 4.69) is 14.5 Å². The van der Waals surface area contributed by atoms with Gasteiger partial charge in [0, 0.05) is 17.6 Å². The molecule has 5 aromatic rings. The van der Waals surface area contributed by atoms with Gasteiger partial charge in [0.15, 0.2) is 5.03 Å². The second-order valence-corrected chi connectivity index (χ2v) is 11.7. The highest BCUT2D eigenvalue weighted by Crippen LogP contribution is 2.39. The lowest BCUT2D eigenvalue weighted by Crippen LogP contribution is -2.20. The highest BCUT2D eigenvalue weighted by Gasteiger charge is 2.32. The predicted molar refractivity (Wildman–Crippen MR) is 144 cm³/mol. The van der Waals surface area contributed by atoms with Gasteiger partial charge in [-0.15, -0.1) is 0 Å². The van der Waals surface area contributed by atoms with E-state index in [1.165, 1.54) is 0 Å². The van der Waals surface area contributed by atoms with E-state index >= 15 is 0 Å². The number of fused-ring (bicyclic) bond motifs is 3. The molecule has 0 amide bonds. The van der Waals surface area contributed by atoms with Crippen LogP contribution in [0.2, 0.25) is 0 Å². The van der Waals surface area contributed by atoms with Crippen molar-refractivity contribution >= 4 is 31.9 Å². The topological polar surface area (TPSA) is 110 Å². The number of aromatic nitrogens is 4. The van der Waals surface area contributed by atoms with Gasteiger partial charge in [0.05, 0.1) is 23.6 Å². The van der Waals surface area contributed by atoms with E-state index in [9.17, 15) is 13.5 Å². The fraction of sp³-hybridized carbons (Fsp3) is 0.310. The first-order chi connectivity index (χ1) is 18.5. The summed E-state index contributed by atoms with van der Waals surface area (Å²) < 4.78 is 35.5. The largest absolute Gasteiger partial charge is 0.383 e. The summed E-state index contributed by atoms with van der Waals surface area (Å²) in [6.07, 6.45) is 5.90. The van der Waals surface area contributed by atoms with Crippen molar-refractivity contribution in [1.82, 2.24) is 19.5 Å². The lowest BCUT2D eigenvalue weighted by molar-refractivity contribution is 0.0209. The van der Waals surface area contributed by atoms with Crippen LogP contribution in [-0.4, -0.2) is 39.7 Å². The molecule has 0 radical (unpaired) electrons. The molecule has 0 saturated heterocycles. The SMILES string of the molecule is O=S(=O)(c1ccccc1)c1nc2[nH]ccc2c2c1nc(C(O)COCc1ccccc1)n2C1CCCCC1. The van der Waals surface area contributed by atoms with Crippen molar-refractivity contribution < 1.29 is 18.3 Å². The van der Waals surface area contributed by atoms with Crippen LogP contribution >= 0.6 is 0 Å². The van der Waals surface area contributed by atoms with Gasteiger partial charge < -0.3 is 19.4 Å². The van der Waals surface area contributed by atoms with Crippen molar-refractivity contribution in [2.45, 2.75) is 60.8 Å². The number of hydrogen-bond acceptors (Lipinski definition) is 6. The first-order valence-electron chi connectivity index (χ1n) is 13.0. The molecule has 0 aliphatic heterocycles. The molecule has 1 aliphatic rings. The number of hydrogen-bond donors (Lipinski definition) is 2. The lowest BCUT2D eigenvalue weighted by atomic mass is 9.95. The number of benzene rings is 2. The number of H-pyrrole nitrogens is 1. The average Bonchev–Trinajstić information content (AvgIpc) is 3.59. The summed E-state index contributed by atoms with van der Waals surface area (Å²) in [7, 11) is -3.97. The van der Waals surface area contributed by atoms with Crippen LogP contribution in [0.25, 0.3) is 22.1 Å². The Labute approximate surface area is 221 Å². The number of ether oxygens (including phenoxy) is 1. The Kier molecular flexibility index (Phi) is 6.73. The molecule has 0 bridgehead atoms. The van der Waals surface area contributed by atoms with Crippen LogP contribution < -0.4 is 0 Å². The van der Waals surface area contributed by atoms with Crippen molar-refractivity contribution in [2.24, 2.45) is 0 Å². The van der Waals surface area contributed by atoms with Crippen LogP contribution in [0.3, 0.4) is 0 Å². The van der Waals surface area contributed by atoms with Gasteiger partial charge in [0.25, 0.3) is 0 Å². The standard InChI is InChI=1S/C29H30N4O4S/c34-24(19-37-18-20-10-4-1-5-11-20)28-31-25-26(33(28)21-12-6-2-7-13-21)23-16-17-30-27(23)32-29(25)38(35,36)22-14-8-3-9-15-22/h1,3-5,8-11,14-17,21,24,34H,2,6-7,12-13,18-19H2,(H,30,32). The number of aliphatic hydroxyl groups excluding tert-OH is 1. The Morgan fingerprint density at radius 3 is 2.42 bits per heavy atom. The number of rotatable bonds is 8. The molecule has 1 saturated carbocycles.